The number of aromatic nitrogens is 4. The lowest BCUT2D eigenvalue weighted by molar-refractivity contribution is 0.0605. The molecule has 0 spiro atoms. The van der Waals surface area contributed by atoms with Gasteiger partial charge in [-0.25, -0.2) is 23.7 Å². The number of carbonyl (C=O) groups is 1. The third-order valence-corrected chi connectivity index (χ3v) is 4.92. The van der Waals surface area contributed by atoms with E-state index < -0.39 is 5.97 Å². The molecule has 8 heteroatoms. The van der Waals surface area contributed by atoms with Gasteiger partial charge >= 0.3 is 5.97 Å². The largest absolute Gasteiger partial charge is 0.465 e. The highest BCUT2D eigenvalue weighted by Crippen LogP contribution is 2.32. The fourth-order valence-electron chi connectivity index (χ4n) is 2.54. The van der Waals surface area contributed by atoms with Crippen molar-refractivity contribution in [3.63, 3.8) is 0 Å². The van der Waals surface area contributed by atoms with Crippen LogP contribution in [0.4, 0.5) is 4.39 Å². The van der Waals surface area contributed by atoms with E-state index in [0.29, 0.717) is 26.7 Å². The highest BCUT2D eigenvalue weighted by Gasteiger charge is 2.20. The molecule has 0 saturated heterocycles. The minimum absolute atomic E-state index is 0.317. The van der Waals surface area contributed by atoms with Gasteiger partial charge in [0.25, 0.3) is 0 Å². The van der Waals surface area contributed by atoms with Gasteiger partial charge in [0.1, 0.15) is 21.9 Å². The smallest absolute Gasteiger partial charge is 0.348 e. The molecule has 4 aromatic rings. The van der Waals surface area contributed by atoms with Gasteiger partial charge in [-0.1, -0.05) is 0 Å². The molecule has 120 valence electrons. The van der Waals surface area contributed by atoms with Crippen LogP contribution in [0.25, 0.3) is 27.3 Å². The first kappa shape index (κ1) is 14.7. The topological polar surface area (TPSA) is 69.4 Å². The van der Waals surface area contributed by atoms with E-state index in [-0.39, 0.29) is 5.82 Å². The molecule has 0 aliphatic rings. The number of hydrogen-bond donors (Lipinski definition) is 0. The quantitative estimate of drug-likeness (QED) is 0.523. The molecule has 0 unspecified atom stereocenters. The SMILES string of the molecule is COC(=O)c1sc2ncn3nc(-c4ccc(F)cc4)nc3c2c1C. The zero-order valence-electron chi connectivity index (χ0n) is 12.8. The molecule has 24 heavy (non-hydrogen) atoms. The van der Waals surface area contributed by atoms with Gasteiger partial charge in [0.15, 0.2) is 11.5 Å². The third-order valence-electron chi connectivity index (χ3n) is 3.74. The Kier molecular flexibility index (Phi) is 3.27. The summed E-state index contributed by atoms with van der Waals surface area (Å²) in [6, 6.07) is 5.96. The van der Waals surface area contributed by atoms with Crippen LogP contribution >= 0.6 is 11.3 Å². The van der Waals surface area contributed by atoms with Crippen molar-refractivity contribution in [1.29, 1.82) is 0 Å². The Hall–Kier alpha value is -2.87. The molecule has 0 fully saturated rings. The Labute approximate surface area is 139 Å². The van der Waals surface area contributed by atoms with Crippen molar-refractivity contribution in [3.8, 4) is 11.4 Å². The van der Waals surface area contributed by atoms with Crippen molar-refractivity contribution in [3.05, 3.63) is 46.9 Å². The summed E-state index contributed by atoms with van der Waals surface area (Å²) in [5.74, 6) is -0.246. The van der Waals surface area contributed by atoms with Gasteiger partial charge in [-0.15, -0.1) is 16.4 Å². The number of aryl methyl sites for hydroxylation is 1. The number of fused-ring (bicyclic) bond motifs is 3. The Balaban J connectivity index is 1.96. The summed E-state index contributed by atoms with van der Waals surface area (Å²) in [5.41, 5.74) is 2.07. The maximum Gasteiger partial charge on any atom is 0.348 e. The number of halogens is 1. The number of rotatable bonds is 2. The van der Waals surface area contributed by atoms with Crippen LogP contribution in [0.3, 0.4) is 0 Å². The number of hydrogen-bond acceptors (Lipinski definition) is 6. The second kappa shape index (κ2) is 5.34. The summed E-state index contributed by atoms with van der Waals surface area (Å²) in [7, 11) is 1.35. The lowest BCUT2D eigenvalue weighted by Gasteiger charge is -1.96. The second-order valence-electron chi connectivity index (χ2n) is 5.18. The number of ether oxygens (including phenoxy) is 1. The average molecular weight is 342 g/mol. The summed E-state index contributed by atoms with van der Waals surface area (Å²) in [6.45, 7) is 1.83. The Morgan fingerprint density at radius 1 is 1.29 bits per heavy atom. The van der Waals surface area contributed by atoms with E-state index in [1.54, 1.807) is 23.0 Å². The molecule has 0 aliphatic carbocycles. The Morgan fingerprint density at radius 3 is 2.75 bits per heavy atom. The normalized spacial score (nSPS) is 11.3. The predicted octanol–water partition coefficient (Wildman–Crippen LogP) is 3.24. The van der Waals surface area contributed by atoms with Gasteiger partial charge in [0.05, 0.1) is 12.5 Å². The molecule has 1 aromatic carbocycles. The molecule has 0 amide bonds. The molecule has 0 radical (unpaired) electrons. The Bertz CT molecular complexity index is 1090. The average Bonchev–Trinajstić information content (AvgIpc) is 3.16. The molecule has 0 aliphatic heterocycles. The minimum Gasteiger partial charge on any atom is -0.465 e. The van der Waals surface area contributed by atoms with Crippen molar-refractivity contribution >= 4 is 33.2 Å². The van der Waals surface area contributed by atoms with Crippen molar-refractivity contribution in [2.75, 3.05) is 7.11 Å². The van der Waals surface area contributed by atoms with E-state index in [4.69, 9.17) is 4.74 Å². The first-order valence-electron chi connectivity index (χ1n) is 7.07. The van der Waals surface area contributed by atoms with Gasteiger partial charge in [0.2, 0.25) is 0 Å². The maximum atomic E-state index is 13.1. The predicted molar refractivity (Wildman–Crippen MR) is 87.6 cm³/mol. The molecular formula is C16H11FN4O2S. The molecule has 4 rings (SSSR count). The van der Waals surface area contributed by atoms with Crippen LogP contribution in [0.1, 0.15) is 15.2 Å². The number of thiophene rings is 1. The van der Waals surface area contributed by atoms with Crippen molar-refractivity contribution < 1.29 is 13.9 Å². The zero-order valence-corrected chi connectivity index (χ0v) is 13.6. The molecule has 0 N–H and O–H groups in total. The summed E-state index contributed by atoms with van der Waals surface area (Å²) in [5, 5.41) is 5.15. The second-order valence-corrected chi connectivity index (χ2v) is 6.18. The fraction of sp³-hybridized carbons (Fsp3) is 0.125. The number of benzene rings is 1. The lowest BCUT2D eigenvalue weighted by Crippen LogP contribution is -1.99. The van der Waals surface area contributed by atoms with Crippen LogP contribution in [0.5, 0.6) is 0 Å². The molecule has 3 aromatic heterocycles. The van der Waals surface area contributed by atoms with E-state index in [9.17, 15) is 9.18 Å². The molecule has 0 saturated carbocycles. The molecule has 0 atom stereocenters. The van der Waals surface area contributed by atoms with E-state index in [1.807, 2.05) is 6.92 Å². The van der Waals surface area contributed by atoms with E-state index >= 15 is 0 Å². The molecule has 3 heterocycles. The van der Waals surface area contributed by atoms with Gasteiger partial charge in [0, 0.05) is 5.56 Å². The minimum atomic E-state index is -0.396. The first-order chi connectivity index (χ1) is 11.6. The molecule has 6 nitrogen and oxygen atoms in total. The van der Waals surface area contributed by atoms with Crippen molar-refractivity contribution in [2.24, 2.45) is 0 Å². The van der Waals surface area contributed by atoms with Crippen LogP contribution < -0.4 is 0 Å². The highest BCUT2D eigenvalue weighted by atomic mass is 32.1. The summed E-state index contributed by atoms with van der Waals surface area (Å²) < 4.78 is 19.4. The molecule has 0 bridgehead atoms. The highest BCUT2D eigenvalue weighted by molar-refractivity contribution is 7.20. The molecular weight excluding hydrogens is 331 g/mol. The van der Waals surface area contributed by atoms with Gasteiger partial charge in [-0.2, -0.15) is 0 Å². The Morgan fingerprint density at radius 2 is 2.04 bits per heavy atom. The van der Waals surface area contributed by atoms with Crippen LogP contribution in [-0.4, -0.2) is 32.7 Å². The third kappa shape index (κ3) is 2.15. The number of nitrogens with zero attached hydrogens (tertiary/aromatic N) is 4. The van der Waals surface area contributed by atoms with Crippen LogP contribution in [0.2, 0.25) is 0 Å². The van der Waals surface area contributed by atoms with E-state index in [1.165, 1.54) is 30.6 Å². The summed E-state index contributed by atoms with van der Waals surface area (Å²) >= 11 is 1.26. The van der Waals surface area contributed by atoms with E-state index in [0.717, 1.165) is 10.9 Å². The number of carbonyl (C=O) groups excluding carboxylic acids is 1. The standard InChI is InChI=1S/C16H11FN4O2S/c1-8-11-14-19-13(9-3-5-10(17)6-4-9)20-21(14)7-18-15(11)24-12(8)16(22)23-2/h3-7H,1-2H3. The first-order valence-corrected chi connectivity index (χ1v) is 7.89. The zero-order chi connectivity index (χ0) is 16.8. The monoisotopic (exact) mass is 342 g/mol. The lowest BCUT2D eigenvalue weighted by atomic mass is 10.2. The van der Waals surface area contributed by atoms with Gasteiger partial charge in [-0.05, 0) is 36.8 Å². The van der Waals surface area contributed by atoms with Crippen molar-refractivity contribution in [2.45, 2.75) is 6.92 Å². The number of methoxy groups -OCH3 is 1. The number of esters is 1. The van der Waals surface area contributed by atoms with Gasteiger partial charge < -0.3 is 4.74 Å². The summed E-state index contributed by atoms with van der Waals surface area (Å²) in [4.78, 5) is 22.0. The summed E-state index contributed by atoms with van der Waals surface area (Å²) in [6.07, 6.45) is 1.55. The van der Waals surface area contributed by atoms with Crippen molar-refractivity contribution in [1.82, 2.24) is 19.6 Å². The van der Waals surface area contributed by atoms with Crippen LogP contribution in [-0.2, 0) is 4.74 Å². The van der Waals surface area contributed by atoms with Crippen LogP contribution in [0.15, 0.2) is 30.6 Å². The van der Waals surface area contributed by atoms with Gasteiger partial charge in [-0.3, -0.25) is 0 Å². The van der Waals surface area contributed by atoms with Crippen LogP contribution in [0, 0.1) is 12.7 Å². The maximum absolute atomic E-state index is 13.1. The fourth-order valence-corrected chi connectivity index (χ4v) is 3.60. The van der Waals surface area contributed by atoms with E-state index in [2.05, 4.69) is 15.1 Å².